The largest absolute Gasteiger partial charge is 0.375 e. The second-order valence-electron chi connectivity index (χ2n) is 5.30. The molecule has 1 N–H and O–H groups in total. The number of benzene rings is 1. The van der Waals surface area contributed by atoms with Crippen LogP contribution in [0.3, 0.4) is 0 Å². The van der Waals surface area contributed by atoms with E-state index in [1.807, 2.05) is 32.8 Å². The zero-order valence-electron chi connectivity index (χ0n) is 12.0. The zero-order valence-corrected chi connectivity index (χ0v) is 14.1. The minimum Gasteiger partial charge on any atom is -0.375 e. The third kappa shape index (κ3) is 4.55. The molecule has 0 saturated heterocycles. The minimum absolute atomic E-state index is 0.00293. The number of likely N-dealkylation sites (N-methyl/N-ethyl adjacent to an activating group) is 1. The quantitative estimate of drug-likeness (QED) is 0.456. The Kier molecular flexibility index (Phi) is 6.12. The molecule has 0 aliphatic carbocycles. The van der Waals surface area contributed by atoms with Gasteiger partial charge < -0.3 is 10.2 Å². The highest BCUT2D eigenvalue weighted by atomic mass is 127. The van der Waals surface area contributed by atoms with Gasteiger partial charge in [0.1, 0.15) is 11.5 Å². The number of nitrogens with zero attached hydrogens (tertiary/aromatic N) is 2. The van der Waals surface area contributed by atoms with Gasteiger partial charge in [-0.3, -0.25) is 10.1 Å². The third-order valence-electron chi connectivity index (χ3n) is 2.94. The standard InChI is InChI=1S/C13H19FIN3O2/c1-8(2)12(7-17(3)4)16-11-5-9(14)10(15)6-13(11)18(19)20/h5-6,8,12,16H,7H2,1-4H3. The van der Waals surface area contributed by atoms with Gasteiger partial charge in [0.25, 0.3) is 5.69 Å². The van der Waals surface area contributed by atoms with Crippen molar-refractivity contribution in [2.45, 2.75) is 19.9 Å². The highest BCUT2D eigenvalue weighted by Crippen LogP contribution is 2.30. The molecule has 112 valence electrons. The second-order valence-corrected chi connectivity index (χ2v) is 6.46. The maximum atomic E-state index is 13.7. The first-order chi connectivity index (χ1) is 9.22. The number of hydrogen-bond donors (Lipinski definition) is 1. The van der Waals surface area contributed by atoms with E-state index in [2.05, 4.69) is 5.32 Å². The lowest BCUT2D eigenvalue weighted by molar-refractivity contribution is -0.384. The molecule has 5 nitrogen and oxygen atoms in total. The summed E-state index contributed by atoms with van der Waals surface area (Å²) in [7, 11) is 3.86. The molecule has 0 amide bonds. The number of nitrogens with one attached hydrogen (secondary N) is 1. The summed E-state index contributed by atoms with van der Waals surface area (Å²) >= 11 is 1.75. The predicted octanol–water partition coefficient (Wildman–Crippen LogP) is 3.34. The molecule has 1 unspecified atom stereocenters. The molecule has 0 spiro atoms. The van der Waals surface area contributed by atoms with Crippen molar-refractivity contribution in [3.05, 3.63) is 31.6 Å². The molecule has 1 atom stereocenters. The average Bonchev–Trinajstić information content (AvgIpc) is 2.31. The van der Waals surface area contributed by atoms with Crippen LogP contribution in [-0.4, -0.2) is 36.5 Å². The minimum atomic E-state index is -0.489. The van der Waals surface area contributed by atoms with Gasteiger partial charge in [-0.25, -0.2) is 4.39 Å². The number of anilines is 1. The summed E-state index contributed by atoms with van der Waals surface area (Å²) in [6.07, 6.45) is 0. The van der Waals surface area contributed by atoms with E-state index < -0.39 is 10.7 Å². The van der Waals surface area contributed by atoms with E-state index >= 15 is 0 Å². The van der Waals surface area contributed by atoms with Crippen LogP contribution < -0.4 is 5.32 Å². The summed E-state index contributed by atoms with van der Waals surface area (Å²) in [6, 6.07) is 2.46. The Bertz CT molecular complexity index is 495. The van der Waals surface area contributed by atoms with E-state index in [0.29, 0.717) is 6.54 Å². The fourth-order valence-corrected chi connectivity index (χ4v) is 2.27. The van der Waals surface area contributed by atoms with E-state index in [1.165, 1.54) is 12.1 Å². The van der Waals surface area contributed by atoms with Crippen LogP contribution >= 0.6 is 22.6 Å². The first kappa shape index (κ1) is 17.1. The number of nitro benzene ring substituents is 1. The Labute approximate surface area is 131 Å². The Morgan fingerprint density at radius 2 is 2.05 bits per heavy atom. The first-order valence-electron chi connectivity index (χ1n) is 6.27. The number of nitro groups is 1. The molecule has 0 fully saturated rings. The number of halogens is 2. The molecule has 0 aliphatic rings. The number of rotatable bonds is 6. The van der Waals surface area contributed by atoms with Crippen molar-refractivity contribution < 1.29 is 9.31 Å². The monoisotopic (exact) mass is 395 g/mol. The van der Waals surface area contributed by atoms with Crippen molar-refractivity contribution in [1.82, 2.24) is 4.90 Å². The molecule has 1 aromatic rings. The van der Waals surface area contributed by atoms with E-state index in [0.717, 1.165) is 0 Å². The van der Waals surface area contributed by atoms with Crippen LogP contribution in [0.15, 0.2) is 12.1 Å². The average molecular weight is 395 g/mol. The molecule has 20 heavy (non-hydrogen) atoms. The third-order valence-corrected chi connectivity index (χ3v) is 3.77. The molecule has 0 saturated carbocycles. The van der Waals surface area contributed by atoms with Gasteiger partial charge in [-0.15, -0.1) is 0 Å². The van der Waals surface area contributed by atoms with E-state index in [4.69, 9.17) is 0 Å². The van der Waals surface area contributed by atoms with E-state index in [1.54, 1.807) is 22.6 Å². The Morgan fingerprint density at radius 1 is 1.45 bits per heavy atom. The number of hydrogen-bond acceptors (Lipinski definition) is 4. The fraction of sp³-hybridized carbons (Fsp3) is 0.538. The zero-order chi connectivity index (χ0) is 15.4. The molecule has 1 aromatic carbocycles. The molecule has 0 aromatic heterocycles. The van der Waals surface area contributed by atoms with Gasteiger partial charge in [-0.2, -0.15) is 0 Å². The molecule has 7 heteroatoms. The normalized spacial score (nSPS) is 12.8. The van der Waals surface area contributed by atoms with Crippen LogP contribution in [0.4, 0.5) is 15.8 Å². The Balaban J connectivity index is 3.11. The fourth-order valence-electron chi connectivity index (χ4n) is 1.82. The summed E-state index contributed by atoms with van der Waals surface area (Å²) in [5.41, 5.74) is 0.133. The highest BCUT2D eigenvalue weighted by Gasteiger charge is 2.22. The lowest BCUT2D eigenvalue weighted by Gasteiger charge is -2.26. The lowest BCUT2D eigenvalue weighted by Crippen LogP contribution is -2.36. The predicted molar refractivity (Wildman–Crippen MR) is 86.6 cm³/mol. The summed E-state index contributed by atoms with van der Waals surface area (Å²) < 4.78 is 13.9. The van der Waals surface area contributed by atoms with Crippen molar-refractivity contribution in [2.24, 2.45) is 5.92 Å². The van der Waals surface area contributed by atoms with Gasteiger partial charge in [0.2, 0.25) is 0 Å². The van der Waals surface area contributed by atoms with Crippen molar-refractivity contribution in [3.63, 3.8) is 0 Å². The maximum absolute atomic E-state index is 13.7. The van der Waals surface area contributed by atoms with Gasteiger partial charge in [-0.05, 0) is 42.6 Å². The van der Waals surface area contributed by atoms with Gasteiger partial charge in [0.05, 0.1) is 8.49 Å². The van der Waals surface area contributed by atoms with Crippen LogP contribution in [0, 0.1) is 25.4 Å². The first-order valence-corrected chi connectivity index (χ1v) is 7.35. The summed E-state index contributed by atoms with van der Waals surface area (Å²) in [6.45, 7) is 4.76. The van der Waals surface area contributed by atoms with E-state index in [9.17, 15) is 14.5 Å². The smallest absolute Gasteiger partial charge is 0.293 e. The molecular formula is C13H19FIN3O2. The van der Waals surface area contributed by atoms with E-state index in [-0.39, 0.29) is 26.9 Å². The van der Waals surface area contributed by atoms with Gasteiger partial charge in [-0.1, -0.05) is 13.8 Å². The van der Waals surface area contributed by atoms with Crippen molar-refractivity contribution in [3.8, 4) is 0 Å². The van der Waals surface area contributed by atoms with Gasteiger partial charge >= 0.3 is 0 Å². The summed E-state index contributed by atoms with van der Waals surface area (Å²) in [4.78, 5) is 12.6. The van der Waals surface area contributed by atoms with Crippen LogP contribution in [-0.2, 0) is 0 Å². The lowest BCUT2D eigenvalue weighted by atomic mass is 10.0. The maximum Gasteiger partial charge on any atom is 0.293 e. The van der Waals surface area contributed by atoms with Crippen LogP contribution in [0.5, 0.6) is 0 Å². The molecule has 0 bridgehead atoms. The second kappa shape index (κ2) is 7.16. The van der Waals surface area contributed by atoms with Gasteiger partial charge in [0.15, 0.2) is 0 Å². The van der Waals surface area contributed by atoms with Crippen LogP contribution in [0.25, 0.3) is 0 Å². The summed E-state index contributed by atoms with van der Waals surface area (Å²) in [5, 5.41) is 14.2. The Morgan fingerprint density at radius 3 is 2.50 bits per heavy atom. The molecule has 0 aliphatic heterocycles. The van der Waals surface area contributed by atoms with Crippen LogP contribution in [0.1, 0.15) is 13.8 Å². The molecule has 1 rings (SSSR count). The van der Waals surface area contributed by atoms with Crippen molar-refractivity contribution >= 4 is 34.0 Å². The highest BCUT2D eigenvalue weighted by molar-refractivity contribution is 14.1. The van der Waals surface area contributed by atoms with Crippen LogP contribution in [0.2, 0.25) is 0 Å². The molecule has 0 heterocycles. The summed E-state index contributed by atoms with van der Waals surface area (Å²) in [5.74, 6) is -0.189. The SMILES string of the molecule is CC(C)C(CN(C)C)Nc1cc(F)c(I)cc1[N+](=O)[O-]. The topological polar surface area (TPSA) is 58.4 Å². The molecular weight excluding hydrogens is 376 g/mol. The molecule has 0 radical (unpaired) electrons. The Hall–Kier alpha value is -0.960. The van der Waals surface area contributed by atoms with Crippen molar-refractivity contribution in [2.75, 3.05) is 26.0 Å². The van der Waals surface area contributed by atoms with Gasteiger partial charge in [0, 0.05) is 24.7 Å². The van der Waals surface area contributed by atoms with Crippen molar-refractivity contribution in [1.29, 1.82) is 0 Å².